The minimum atomic E-state index is -0.227. The van der Waals surface area contributed by atoms with Crippen LogP contribution in [0.25, 0.3) is 0 Å². The molecule has 0 saturated heterocycles. The Morgan fingerprint density at radius 1 is 1.44 bits per heavy atom. The van der Waals surface area contributed by atoms with E-state index in [0.29, 0.717) is 11.3 Å². The van der Waals surface area contributed by atoms with Crippen LogP contribution in [0.5, 0.6) is 5.75 Å². The number of carbonyl (C=O) groups is 1. The quantitative estimate of drug-likeness (QED) is 0.731. The molecule has 16 heavy (non-hydrogen) atoms. The van der Waals surface area contributed by atoms with Crippen molar-refractivity contribution in [2.24, 2.45) is 0 Å². The van der Waals surface area contributed by atoms with Crippen molar-refractivity contribution in [3.05, 3.63) is 29.3 Å². The first-order chi connectivity index (χ1) is 7.76. The van der Waals surface area contributed by atoms with Crippen molar-refractivity contribution in [3.8, 4) is 5.75 Å². The van der Waals surface area contributed by atoms with Gasteiger partial charge in [-0.15, -0.1) is 0 Å². The average Bonchev–Trinajstić information content (AvgIpc) is 2.63. The zero-order chi connectivity index (χ0) is 11.5. The summed E-state index contributed by atoms with van der Waals surface area (Å²) in [5.41, 5.74) is 1.65. The predicted octanol–water partition coefficient (Wildman–Crippen LogP) is 3.10. The fourth-order valence-corrected chi connectivity index (χ4v) is 1.98. The smallest absolute Gasteiger partial charge is 0.339 e. The highest BCUT2D eigenvalue weighted by Crippen LogP contribution is 2.35. The summed E-state index contributed by atoms with van der Waals surface area (Å²) < 4.78 is 10.4. The molecule has 86 valence electrons. The molecular formula is C13H16O3. The van der Waals surface area contributed by atoms with E-state index in [2.05, 4.69) is 6.92 Å². The van der Waals surface area contributed by atoms with Crippen molar-refractivity contribution in [3.63, 3.8) is 0 Å². The zero-order valence-corrected chi connectivity index (χ0v) is 9.66. The van der Waals surface area contributed by atoms with E-state index in [1.807, 2.05) is 12.1 Å². The highest BCUT2D eigenvalue weighted by Gasteiger charge is 2.30. The molecular weight excluding hydrogens is 204 g/mol. The summed E-state index contributed by atoms with van der Waals surface area (Å²) in [6.07, 6.45) is 3.03. The molecule has 0 bridgehead atoms. The molecule has 2 rings (SSSR count). The summed E-state index contributed by atoms with van der Waals surface area (Å²) in [6.45, 7) is 2.13. The van der Waals surface area contributed by atoms with Crippen LogP contribution in [0.3, 0.4) is 0 Å². The molecule has 0 spiro atoms. The number of cyclic esters (lactones) is 1. The van der Waals surface area contributed by atoms with E-state index in [4.69, 9.17) is 9.47 Å². The van der Waals surface area contributed by atoms with Gasteiger partial charge in [-0.05, 0) is 25.0 Å². The molecule has 1 heterocycles. The van der Waals surface area contributed by atoms with Crippen LogP contribution in [0.4, 0.5) is 0 Å². The van der Waals surface area contributed by atoms with Crippen molar-refractivity contribution < 1.29 is 14.3 Å². The van der Waals surface area contributed by atoms with E-state index in [1.165, 1.54) is 0 Å². The van der Waals surface area contributed by atoms with Gasteiger partial charge < -0.3 is 9.47 Å². The van der Waals surface area contributed by atoms with Gasteiger partial charge in [-0.1, -0.05) is 19.4 Å². The minimum absolute atomic E-state index is 0.0617. The maximum atomic E-state index is 11.6. The van der Waals surface area contributed by atoms with Gasteiger partial charge in [-0.2, -0.15) is 0 Å². The molecule has 0 aliphatic carbocycles. The van der Waals surface area contributed by atoms with Gasteiger partial charge in [0.15, 0.2) is 0 Å². The van der Waals surface area contributed by atoms with Crippen molar-refractivity contribution >= 4 is 5.97 Å². The first-order valence-corrected chi connectivity index (χ1v) is 5.65. The van der Waals surface area contributed by atoms with Gasteiger partial charge in [0.2, 0.25) is 0 Å². The second-order valence-electron chi connectivity index (χ2n) is 3.99. The largest absolute Gasteiger partial charge is 0.497 e. The van der Waals surface area contributed by atoms with Gasteiger partial charge in [0.05, 0.1) is 12.7 Å². The number of hydrogen-bond acceptors (Lipinski definition) is 3. The van der Waals surface area contributed by atoms with E-state index in [1.54, 1.807) is 13.2 Å². The first-order valence-electron chi connectivity index (χ1n) is 5.65. The van der Waals surface area contributed by atoms with Crippen molar-refractivity contribution in [2.45, 2.75) is 32.3 Å². The molecule has 1 aromatic rings. The number of esters is 1. The number of carbonyl (C=O) groups excluding carboxylic acids is 1. The Labute approximate surface area is 95.4 Å². The number of hydrogen-bond donors (Lipinski definition) is 0. The van der Waals surface area contributed by atoms with Crippen molar-refractivity contribution in [2.75, 3.05) is 7.11 Å². The average molecular weight is 220 g/mol. The highest BCUT2D eigenvalue weighted by atomic mass is 16.5. The second kappa shape index (κ2) is 4.56. The number of unbranched alkanes of at least 4 members (excludes halogenated alkanes) is 1. The Kier molecular flexibility index (Phi) is 3.13. The van der Waals surface area contributed by atoms with Crippen LogP contribution in [0.15, 0.2) is 18.2 Å². The SMILES string of the molecule is CCCCC1OC(=O)c2cc(OC)ccc21. The van der Waals surface area contributed by atoms with Gasteiger partial charge in [0.25, 0.3) is 0 Å². The Morgan fingerprint density at radius 3 is 2.94 bits per heavy atom. The maximum Gasteiger partial charge on any atom is 0.339 e. The van der Waals surface area contributed by atoms with Gasteiger partial charge in [0.1, 0.15) is 11.9 Å². The van der Waals surface area contributed by atoms with Crippen LogP contribution >= 0.6 is 0 Å². The van der Waals surface area contributed by atoms with Crippen molar-refractivity contribution in [1.29, 1.82) is 0 Å². The third-order valence-corrected chi connectivity index (χ3v) is 2.90. The second-order valence-corrected chi connectivity index (χ2v) is 3.99. The molecule has 1 atom stereocenters. The molecule has 0 N–H and O–H groups in total. The van der Waals surface area contributed by atoms with Crippen LogP contribution in [-0.2, 0) is 4.74 Å². The van der Waals surface area contributed by atoms with Crippen LogP contribution in [0.1, 0.15) is 48.2 Å². The monoisotopic (exact) mass is 220 g/mol. The lowest BCUT2D eigenvalue weighted by molar-refractivity contribution is 0.0364. The van der Waals surface area contributed by atoms with Crippen molar-refractivity contribution in [1.82, 2.24) is 0 Å². The fourth-order valence-electron chi connectivity index (χ4n) is 1.98. The van der Waals surface area contributed by atoms with E-state index in [-0.39, 0.29) is 12.1 Å². The van der Waals surface area contributed by atoms with E-state index in [9.17, 15) is 4.79 Å². The molecule has 1 unspecified atom stereocenters. The molecule has 1 aliphatic rings. The molecule has 3 heteroatoms. The summed E-state index contributed by atoms with van der Waals surface area (Å²) >= 11 is 0. The summed E-state index contributed by atoms with van der Waals surface area (Å²) in [5, 5.41) is 0. The molecule has 0 fully saturated rings. The third kappa shape index (κ3) is 1.90. The molecule has 1 aromatic carbocycles. The zero-order valence-electron chi connectivity index (χ0n) is 9.66. The number of fused-ring (bicyclic) bond motifs is 1. The molecule has 0 radical (unpaired) electrons. The van der Waals surface area contributed by atoms with Gasteiger partial charge in [0, 0.05) is 5.56 Å². The fraction of sp³-hybridized carbons (Fsp3) is 0.462. The molecule has 3 nitrogen and oxygen atoms in total. The van der Waals surface area contributed by atoms with E-state index >= 15 is 0 Å². The lowest BCUT2D eigenvalue weighted by atomic mass is 10.0. The number of ether oxygens (including phenoxy) is 2. The molecule has 0 saturated carbocycles. The van der Waals surface area contributed by atoms with Crippen LogP contribution in [0.2, 0.25) is 0 Å². The molecule has 1 aliphatic heterocycles. The topological polar surface area (TPSA) is 35.5 Å². The lowest BCUT2D eigenvalue weighted by Crippen LogP contribution is -1.98. The van der Waals surface area contributed by atoms with E-state index < -0.39 is 0 Å². The normalized spacial score (nSPS) is 18.1. The molecule has 0 aromatic heterocycles. The number of methoxy groups -OCH3 is 1. The highest BCUT2D eigenvalue weighted by molar-refractivity contribution is 5.94. The summed E-state index contributed by atoms with van der Waals surface area (Å²) in [5.74, 6) is 0.474. The third-order valence-electron chi connectivity index (χ3n) is 2.90. The Hall–Kier alpha value is -1.51. The Balaban J connectivity index is 2.25. The van der Waals surface area contributed by atoms with E-state index in [0.717, 1.165) is 24.8 Å². The van der Waals surface area contributed by atoms with Gasteiger partial charge in [-0.25, -0.2) is 4.79 Å². The first kappa shape index (κ1) is 11.0. The Bertz CT molecular complexity index is 398. The summed E-state index contributed by atoms with van der Waals surface area (Å²) in [6, 6.07) is 5.56. The molecule has 0 amide bonds. The minimum Gasteiger partial charge on any atom is -0.497 e. The summed E-state index contributed by atoms with van der Waals surface area (Å²) in [4.78, 5) is 11.6. The Morgan fingerprint density at radius 2 is 2.25 bits per heavy atom. The van der Waals surface area contributed by atoms with Gasteiger partial charge >= 0.3 is 5.97 Å². The lowest BCUT2D eigenvalue weighted by Gasteiger charge is -2.09. The van der Waals surface area contributed by atoms with Gasteiger partial charge in [-0.3, -0.25) is 0 Å². The van der Waals surface area contributed by atoms with Crippen LogP contribution < -0.4 is 4.74 Å². The summed E-state index contributed by atoms with van der Waals surface area (Å²) in [7, 11) is 1.59. The predicted molar refractivity (Wildman–Crippen MR) is 60.7 cm³/mol. The maximum absolute atomic E-state index is 11.6. The number of rotatable bonds is 4. The standard InChI is InChI=1S/C13H16O3/c1-3-4-5-12-10-7-6-9(15-2)8-11(10)13(14)16-12/h6-8,12H,3-5H2,1-2H3. The number of benzene rings is 1. The van der Waals surface area contributed by atoms with Crippen LogP contribution in [0, 0.1) is 0 Å². The van der Waals surface area contributed by atoms with Crippen LogP contribution in [-0.4, -0.2) is 13.1 Å².